The van der Waals surface area contributed by atoms with Gasteiger partial charge in [0.15, 0.2) is 23.1 Å². The molecule has 4 rings (SSSR count). The molecule has 3 aromatic carbocycles. The number of aliphatic hydroxyl groups excluding tert-OH is 1. The summed E-state index contributed by atoms with van der Waals surface area (Å²) in [7, 11) is 2.99. The maximum Gasteiger partial charge on any atom is 0.262 e. The summed E-state index contributed by atoms with van der Waals surface area (Å²) in [5, 5.41) is 17.2. The standard InChI is InChI=1S/C29H26F2N4O6/c1-39-26-14-20-23(15-27(26)40-2)33-10-9-24(20)41-25-8-7-19(13-22(25)31)35-29(38)21(16-32-11-12-36)28(37)34-18-5-3-17(30)4-6-18/h3-10,13-16,32,36H,11-12H2,1-2H3,(H,34,37)(H,35,38)/b21-16+. The predicted molar refractivity (Wildman–Crippen MR) is 148 cm³/mol. The molecule has 12 heteroatoms. The molecular weight excluding hydrogens is 538 g/mol. The van der Waals surface area contributed by atoms with Crippen LogP contribution in [0.15, 0.2) is 78.6 Å². The number of benzene rings is 3. The summed E-state index contributed by atoms with van der Waals surface area (Å²) in [5.74, 6) is -1.84. The summed E-state index contributed by atoms with van der Waals surface area (Å²) in [6, 6.07) is 13.6. The van der Waals surface area contributed by atoms with E-state index >= 15 is 4.39 Å². The van der Waals surface area contributed by atoms with E-state index in [1.165, 1.54) is 44.7 Å². The van der Waals surface area contributed by atoms with Crippen molar-refractivity contribution in [2.45, 2.75) is 0 Å². The molecule has 0 atom stereocenters. The number of amides is 2. The van der Waals surface area contributed by atoms with Crippen LogP contribution >= 0.6 is 0 Å². The fourth-order valence-electron chi connectivity index (χ4n) is 3.72. The first kappa shape index (κ1) is 28.8. The van der Waals surface area contributed by atoms with Crippen LogP contribution in [0.4, 0.5) is 20.2 Å². The van der Waals surface area contributed by atoms with Crippen LogP contribution in [0.1, 0.15) is 0 Å². The van der Waals surface area contributed by atoms with Crippen molar-refractivity contribution in [3.63, 3.8) is 0 Å². The van der Waals surface area contributed by atoms with Crippen LogP contribution in [-0.4, -0.2) is 49.3 Å². The zero-order valence-electron chi connectivity index (χ0n) is 22.0. The molecule has 0 unspecified atom stereocenters. The van der Waals surface area contributed by atoms with E-state index in [0.717, 1.165) is 24.4 Å². The minimum atomic E-state index is -0.857. The van der Waals surface area contributed by atoms with E-state index in [0.29, 0.717) is 28.2 Å². The van der Waals surface area contributed by atoms with Crippen molar-refractivity contribution in [2.24, 2.45) is 0 Å². The first-order valence-electron chi connectivity index (χ1n) is 12.2. The van der Waals surface area contributed by atoms with Crippen molar-refractivity contribution in [1.29, 1.82) is 0 Å². The molecule has 4 aromatic rings. The van der Waals surface area contributed by atoms with Gasteiger partial charge in [0.1, 0.15) is 17.1 Å². The van der Waals surface area contributed by atoms with Crippen LogP contribution in [0, 0.1) is 11.6 Å². The third kappa shape index (κ3) is 7.05. The monoisotopic (exact) mass is 564 g/mol. The van der Waals surface area contributed by atoms with Crippen LogP contribution in [0.25, 0.3) is 10.9 Å². The van der Waals surface area contributed by atoms with Crippen LogP contribution in [-0.2, 0) is 9.59 Å². The second-order valence-electron chi connectivity index (χ2n) is 8.43. The first-order chi connectivity index (χ1) is 19.8. The Morgan fingerprint density at radius 3 is 2.17 bits per heavy atom. The molecule has 0 saturated carbocycles. The summed E-state index contributed by atoms with van der Waals surface area (Å²) < 4.78 is 44.7. The Kier molecular flexibility index (Phi) is 9.28. The molecular formula is C29H26F2N4O6. The van der Waals surface area contributed by atoms with E-state index in [1.807, 2.05) is 0 Å². The highest BCUT2D eigenvalue weighted by molar-refractivity contribution is 6.26. The van der Waals surface area contributed by atoms with Gasteiger partial charge in [0.05, 0.1) is 26.3 Å². The van der Waals surface area contributed by atoms with E-state index in [4.69, 9.17) is 19.3 Å². The smallest absolute Gasteiger partial charge is 0.262 e. The zero-order valence-corrected chi connectivity index (χ0v) is 22.0. The van der Waals surface area contributed by atoms with Gasteiger partial charge in [-0.15, -0.1) is 0 Å². The number of hydrogen-bond acceptors (Lipinski definition) is 8. The summed E-state index contributed by atoms with van der Waals surface area (Å²) in [5.41, 5.74) is 0.478. The molecule has 1 aromatic heterocycles. The predicted octanol–water partition coefficient (Wildman–Crippen LogP) is 4.37. The van der Waals surface area contributed by atoms with Crippen molar-refractivity contribution in [3.8, 4) is 23.0 Å². The third-order valence-corrected chi connectivity index (χ3v) is 5.71. The van der Waals surface area contributed by atoms with Crippen LogP contribution in [0.5, 0.6) is 23.0 Å². The van der Waals surface area contributed by atoms with Gasteiger partial charge in [-0.1, -0.05) is 0 Å². The Balaban J connectivity index is 1.53. The number of nitrogens with zero attached hydrogens (tertiary/aromatic N) is 1. The molecule has 41 heavy (non-hydrogen) atoms. The lowest BCUT2D eigenvalue weighted by Crippen LogP contribution is -2.28. The maximum atomic E-state index is 15.1. The summed E-state index contributed by atoms with van der Waals surface area (Å²) in [4.78, 5) is 30.0. The molecule has 0 aliphatic rings. The first-order valence-corrected chi connectivity index (χ1v) is 12.2. The van der Waals surface area contributed by atoms with Crippen molar-refractivity contribution in [1.82, 2.24) is 10.3 Å². The summed E-state index contributed by atoms with van der Waals surface area (Å²) in [6.45, 7) is -0.172. The average molecular weight is 565 g/mol. The quantitative estimate of drug-likeness (QED) is 0.0915. The fraction of sp³-hybridized carbons (Fsp3) is 0.138. The van der Waals surface area contributed by atoms with Crippen molar-refractivity contribution in [2.75, 3.05) is 38.0 Å². The lowest BCUT2D eigenvalue weighted by Gasteiger charge is -2.14. The minimum Gasteiger partial charge on any atom is -0.493 e. The van der Waals surface area contributed by atoms with Gasteiger partial charge < -0.3 is 35.3 Å². The Hall–Kier alpha value is -5.23. The number of anilines is 2. The fourth-order valence-corrected chi connectivity index (χ4v) is 3.72. The normalized spacial score (nSPS) is 11.1. The lowest BCUT2D eigenvalue weighted by molar-refractivity contribution is -0.118. The Morgan fingerprint density at radius 1 is 0.854 bits per heavy atom. The Labute approximate surface area is 233 Å². The van der Waals surface area contributed by atoms with Gasteiger partial charge in [-0.2, -0.15) is 0 Å². The second kappa shape index (κ2) is 13.2. The van der Waals surface area contributed by atoms with E-state index in [-0.39, 0.29) is 35.8 Å². The third-order valence-electron chi connectivity index (χ3n) is 5.71. The molecule has 0 aliphatic heterocycles. The number of methoxy groups -OCH3 is 2. The lowest BCUT2D eigenvalue weighted by atomic mass is 10.1. The largest absolute Gasteiger partial charge is 0.493 e. The molecule has 0 spiro atoms. The molecule has 10 nitrogen and oxygen atoms in total. The number of ether oxygens (including phenoxy) is 3. The summed E-state index contributed by atoms with van der Waals surface area (Å²) in [6.07, 6.45) is 2.63. The molecule has 0 aliphatic carbocycles. The number of rotatable bonds is 11. The number of aromatic nitrogens is 1. The number of pyridine rings is 1. The Morgan fingerprint density at radius 2 is 1.51 bits per heavy atom. The van der Waals surface area contributed by atoms with E-state index in [1.54, 1.807) is 18.2 Å². The molecule has 0 fully saturated rings. The van der Waals surface area contributed by atoms with Gasteiger partial charge in [0.2, 0.25) is 0 Å². The highest BCUT2D eigenvalue weighted by Crippen LogP contribution is 2.37. The minimum absolute atomic E-state index is 0.0495. The van der Waals surface area contributed by atoms with Crippen LogP contribution in [0.3, 0.4) is 0 Å². The zero-order chi connectivity index (χ0) is 29.4. The molecule has 0 bridgehead atoms. The van der Waals surface area contributed by atoms with Crippen LogP contribution < -0.4 is 30.2 Å². The molecule has 0 saturated heterocycles. The number of nitrogens with one attached hydrogen (secondary N) is 3. The molecule has 2 amide bonds. The molecule has 0 radical (unpaired) electrons. The number of aliphatic hydroxyl groups is 1. The maximum absolute atomic E-state index is 15.1. The molecule has 212 valence electrons. The highest BCUT2D eigenvalue weighted by atomic mass is 19.1. The number of halogens is 2. The van der Waals surface area contributed by atoms with E-state index in [2.05, 4.69) is 20.9 Å². The molecule has 4 N–H and O–H groups in total. The molecule has 1 heterocycles. The number of carbonyl (C=O) groups excluding carboxylic acids is 2. The number of carbonyl (C=O) groups is 2. The topological polar surface area (TPSA) is 131 Å². The highest BCUT2D eigenvalue weighted by Gasteiger charge is 2.20. The Bertz CT molecular complexity index is 1590. The van der Waals surface area contributed by atoms with Gasteiger partial charge in [0, 0.05) is 47.8 Å². The van der Waals surface area contributed by atoms with Crippen molar-refractivity contribution >= 4 is 34.1 Å². The van der Waals surface area contributed by atoms with Crippen molar-refractivity contribution in [3.05, 3.63) is 90.3 Å². The summed E-state index contributed by atoms with van der Waals surface area (Å²) >= 11 is 0. The number of fused-ring (bicyclic) bond motifs is 1. The van der Waals surface area contributed by atoms with E-state index < -0.39 is 23.4 Å². The SMILES string of the molecule is COc1cc2nccc(Oc3ccc(NC(=O)/C(=C/NCCO)C(=O)Nc4ccc(F)cc4)cc3F)c2cc1OC. The van der Waals surface area contributed by atoms with Crippen LogP contribution in [0.2, 0.25) is 0 Å². The van der Waals surface area contributed by atoms with Crippen molar-refractivity contribution < 1.29 is 37.7 Å². The van der Waals surface area contributed by atoms with Gasteiger partial charge in [-0.05, 0) is 48.5 Å². The van der Waals surface area contributed by atoms with E-state index in [9.17, 15) is 14.0 Å². The van der Waals surface area contributed by atoms with Gasteiger partial charge in [-0.3, -0.25) is 14.6 Å². The average Bonchev–Trinajstić information content (AvgIpc) is 2.97. The van der Waals surface area contributed by atoms with Gasteiger partial charge in [-0.25, -0.2) is 8.78 Å². The second-order valence-corrected chi connectivity index (χ2v) is 8.43. The van der Waals surface area contributed by atoms with Gasteiger partial charge in [0.25, 0.3) is 11.8 Å². The number of hydrogen-bond donors (Lipinski definition) is 4. The van der Waals surface area contributed by atoms with Gasteiger partial charge >= 0.3 is 0 Å².